The fourth-order valence-corrected chi connectivity index (χ4v) is 6.28. The van der Waals surface area contributed by atoms with Crippen molar-refractivity contribution in [2.75, 3.05) is 31.3 Å². The molecule has 2 N–H and O–H groups in total. The van der Waals surface area contributed by atoms with Gasteiger partial charge >= 0.3 is 13.6 Å². The highest BCUT2D eigenvalue weighted by Crippen LogP contribution is 2.48. The second-order valence-corrected chi connectivity index (χ2v) is 12.7. The number of ether oxygens (including phenoxy) is 3. The van der Waals surface area contributed by atoms with Crippen molar-refractivity contribution in [2.45, 2.75) is 64.9 Å². The van der Waals surface area contributed by atoms with E-state index in [1.165, 1.54) is 18.5 Å². The Morgan fingerprint density at radius 3 is 2.60 bits per heavy atom. The molecule has 42 heavy (non-hydrogen) atoms. The zero-order chi connectivity index (χ0) is 30.5. The first-order valence-electron chi connectivity index (χ1n) is 13.4. The highest BCUT2D eigenvalue weighted by molar-refractivity contribution is 7.54. The van der Waals surface area contributed by atoms with Gasteiger partial charge in [0, 0.05) is 18.0 Å². The minimum atomic E-state index is -3.64. The van der Waals surface area contributed by atoms with Gasteiger partial charge in [-0.15, -0.1) is 0 Å². The monoisotopic (exact) mass is 645 g/mol. The fraction of sp³-hybridized carbons (Fsp3) is 0.538. The van der Waals surface area contributed by atoms with E-state index in [1.807, 2.05) is 18.2 Å². The van der Waals surface area contributed by atoms with Crippen LogP contribution in [-0.4, -0.2) is 74.8 Å². The van der Waals surface area contributed by atoms with Gasteiger partial charge in [0.05, 0.1) is 30.9 Å². The van der Waals surface area contributed by atoms with Crippen molar-refractivity contribution >= 4 is 53.6 Å². The summed E-state index contributed by atoms with van der Waals surface area (Å²) in [5.41, 5.74) is 1.27. The molecule has 230 valence electrons. The number of rotatable bonds is 14. The van der Waals surface area contributed by atoms with E-state index in [2.05, 4.69) is 20.4 Å². The number of anilines is 1. The molecule has 4 rings (SSSR count). The van der Waals surface area contributed by atoms with Crippen LogP contribution in [0.1, 0.15) is 45.9 Å². The van der Waals surface area contributed by atoms with Crippen molar-refractivity contribution in [1.82, 2.24) is 19.7 Å². The number of aliphatic hydroxyl groups is 1. The van der Waals surface area contributed by atoms with Gasteiger partial charge < -0.3 is 33.7 Å². The van der Waals surface area contributed by atoms with E-state index in [4.69, 9.17) is 46.5 Å². The second kappa shape index (κ2) is 14.0. The summed E-state index contributed by atoms with van der Waals surface area (Å²) in [7, 11) is -3.64. The molecule has 0 bridgehead atoms. The number of fused-ring (bicyclic) bond motifs is 1. The molecule has 1 saturated heterocycles. The van der Waals surface area contributed by atoms with Crippen molar-refractivity contribution < 1.29 is 37.7 Å². The third-order valence-electron chi connectivity index (χ3n) is 6.11. The molecular weight excluding hydrogens is 612 g/mol. The first-order chi connectivity index (χ1) is 19.9. The maximum absolute atomic E-state index is 12.7. The Morgan fingerprint density at radius 1 is 1.21 bits per heavy atom. The zero-order valence-corrected chi connectivity index (χ0v) is 26.1. The number of hydrogen-bond acceptors (Lipinski definition) is 12. The lowest BCUT2D eigenvalue weighted by atomic mass is 10.1. The van der Waals surface area contributed by atoms with Gasteiger partial charge in [-0.25, -0.2) is 4.68 Å². The van der Waals surface area contributed by atoms with Crippen LogP contribution in [0.5, 0.6) is 0 Å². The van der Waals surface area contributed by atoms with Gasteiger partial charge in [0.2, 0.25) is 5.28 Å². The molecule has 3 heterocycles. The highest BCUT2D eigenvalue weighted by atomic mass is 35.5. The summed E-state index contributed by atoms with van der Waals surface area (Å²) in [4.78, 5) is 21.2. The highest BCUT2D eigenvalue weighted by Gasteiger charge is 2.42. The number of esters is 1. The molecule has 0 amide bonds. The molecular formula is C26H34Cl2N5O8P. The van der Waals surface area contributed by atoms with E-state index >= 15 is 0 Å². The lowest BCUT2D eigenvalue weighted by Crippen LogP contribution is -2.37. The Bertz CT molecular complexity index is 1430. The first kappa shape index (κ1) is 32.6. The van der Waals surface area contributed by atoms with Crippen LogP contribution >= 0.6 is 30.8 Å². The smallest absolute Gasteiger partial charge is 0.341 e. The number of halogens is 2. The van der Waals surface area contributed by atoms with E-state index in [0.29, 0.717) is 28.4 Å². The maximum Gasteiger partial charge on any atom is 0.341 e. The molecule has 0 aliphatic carbocycles. The van der Waals surface area contributed by atoms with E-state index in [1.54, 1.807) is 26.1 Å². The molecule has 0 spiro atoms. The average molecular weight is 646 g/mol. The largest absolute Gasteiger partial charge is 0.462 e. The molecule has 1 aromatic carbocycles. The third-order valence-corrected chi connectivity index (χ3v) is 8.59. The van der Waals surface area contributed by atoms with E-state index in [-0.39, 0.29) is 31.5 Å². The molecule has 3 aromatic rings. The van der Waals surface area contributed by atoms with Crippen LogP contribution in [0.3, 0.4) is 0 Å². The summed E-state index contributed by atoms with van der Waals surface area (Å²) in [6.07, 6.45) is -0.920. The number of nitrogens with one attached hydrogen (secondary N) is 1. The number of aromatic nitrogens is 4. The third kappa shape index (κ3) is 8.39. The fourth-order valence-electron chi connectivity index (χ4n) is 4.46. The Labute approximate surface area is 253 Å². The molecule has 1 aliphatic heterocycles. The van der Waals surface area contributed by atoms with Crippen LogP contribution in [0.25, 0.3) is 11.0 Å². The summed E-state index contributed by atoms with van der Waals surface area (Å²) in [6.45, 7) is 6.64. The van der Waals surface area contributed by atoms with Crippen LogP contribution in [0.15, 0.2) is 30.5 Å². The van der Waals surface area contributed by atoms with Gasteiger partial charge in [0.25, 0.3) is 0 Å². The summed E-state index contributed by atoms with van der Waals surface area (Å²) in [6, 6.07) is 7.43. The molecule has 1 aliphatic rings. The number of carbonyl (C=O) groups is 1. The summed E-state index contributed by atoms with van der Waals surface area (Å²) < 4.78 is 42.0. The van der Waals surface area contributed by atoms with Gasteiger partial charge in [-0.05, 0) is 50.9 Å². The standard InChI is InChI=1S/C26H34Cl2N5O8P/c1-5-38-42(36,39-6-2)15-22(34)37-14-20-19(41-26(3,4)35)11-21(40-20)33-24-17(13-30-33)23(31-25(28)32-24)29-12-16-9-7-8-10-18(16)27/h7-10,13,19-21,35H,5-6,11-12,14-15H2,1-4H3,(H,29,31,32)/t19-,20+,21+/m0/s1. The van der Waals surface area contributed by atoms with Crippen molar-refractivity contribution in [1.29, 1.82) is 0 Å². The molecule has 2 aromatic heterocycles. The average Bonchev–Trinajstić information content (AvgIpc) is 3.49. The predicted molar refractivity (Wildman–Crippen MR) is 155 cm³/mol. The number of carbonyl (C=O) groups excluding carboxylic acids is 1. The molecule has 1 fully saturated rings. The van der Waals surface area contributed by atoms with Crippen LogP contribution in [0.4, 0.5) is 5.82 Å². The minimum absolute atomic E-state index is 0.00768. The molecule has 13 nitrogen and oxygen atoms in total. The van der Waals surface area contributed by atoms with Crippen LogP contribution in [0, 0.1) is 0 Å². The van der Waals surface area contributed by atoms with Gasteiger partial charge in [-0.3, -0.25) is 9.36 Å². The maximum atomic E-state index is 12.7. The molecule has 16 heteroatoms. The molecule has 3 atom stereocenters. The van der Waals surface area contributed by atoms with Crippen LogP contribution < -0.4 is 5.32 Å². The molecule has 0 radical (unpaired) electrons. The van der Waals surface area contributed by atoms with Crippen LogP contribution in [0.2, 0.25) is 10.3 Å². The SMILES string of the molecule is CCOP(=O)(CC(=O)OC[C@H]1O[C@@H](n2ncc3c(NCc4ccccc4Cl)nc(Cl)nc32)C[C@@H]1OC(C)(C)O)OCC. The zero-order valence-electron chi connectivity index (χ0n) is 23.7. The number of benzene rings is 1. The van der Waals surface area contributed by atoms with Crippen molar-refractivity contribution in [3.8, 4) is 0 Å². The quantitative estimate of drug-likeness (QED) is 0.105. The van der Waals surface area contributed by atoms with Crippen LogP contribution in [-0.2, 0) is 39.2 Å². The summed E-state index contributed by atoms with van der Waals surface area (Å²) >= 11 is 12.6. The molecule has 0 unspecified atom stereocenters. The van der Waals surface area contributed by atoms with E-state index < -0.39 is 43.9 Å². The Morgan fingerprint density at radius 2 is 1.93 bits per heavy atom. The van der Waals surface area contributed by atoms with E-state index in [9.17, 15) is 14.5 Å². The second-order valence-electron chi connectivity index (χ2n) is 9.87. The lowest BCUT2D eigenvalue weighted by Gasteiger charge is -2.26. The van der Waals surface area contributed by atoms with Gasteiger partial charge in [-0.2, -0.15) is 15.1 Å². The minimum Gasteiger partial charge on any atom is -0.462 e. The lowest BCUT2D eigenvalue weighted by molar-refractivity contribution is -0.218. The normalized spacial score (nSPS) is 19.4. The Balaban J connectivity index is 1.51. The van der Waals surface area contributed by atoms with Crippen molar-refractivity contribution in [3.05, 3.63) is 46.3 Å². The molecule has 0 saturated carbocycles. The predicted octanol–water partition coefficient (Wildman–Crippen LogP) is 4.96. The summed E-state index contributed by atoms with van der Waals surface area (Å²) in [5, 5.41) is 19.2. The van der Waals surface area contributed by atoms with Crippen molar-refractivity contribution in [2.24, 2.45) is 0 Å². The van der Waals surface area contributed by atoms with Crippen molar-refractivity contribution in [3.63, 3.8) is 0 Å². The Hall–Kier alpha value is -2.35. The van der Waals surface area contributed by atoms with Gasteiger partial charge in [-0.1, -0.05) is 29.8 Å². The number of hydrogen-bond donors (Lipinski definition) is 2. The summed E-state index contributed by atoms with van der Waals surface area (Å²) in [5.74, 6) is -1.83. The topological polar surface area (TPSA) is 156 Å². The van der Waals surface area contributed by atoms with Gasteiger partial charge in [0.1, 0.15) is 24.7 Å². The number of nitrogens with zero attached hydrogens (tertiary/aromatic N) is 4. The Kier molecular flexibility index (Phi) is 10.8. The van der Waals surface area contributed by atoms with Gasteiger partial charge in [0.15, 0.2) is 17.7 Å². The first-order valence-corrected chi connectivity index (χ1v) is 15.9. The van der Waals surface area contributed by atoms with E-state index in [0.717, 1.165) is 5.56 Å².